The van der Waals surface area contributed by atoms with Crippen LogP contribution in [0.15, 0.2) is 102 Å². The molecule has 37 heavy (non-hydrogen) atoms. The maximum atomic E-state index is 13.9. The molecular formula is C28H21F3N4O2. The molecule has 1 N–H and O–H groups in total. The van der Waals surface area contributed by atoms with Crippen molar-refractivity contribution in [1.82, 2.24) is 4.57 Å². The molecule has 0 fully saturated rings. The normalized spacial score (nSPS) is 13.5. The summed E-state index contributed by atoms with van der Waals surface area (Å²) in [6, 6.07) is 23.2. The van der Waals surface area contributed by atoms with Crippen LogP contribution in [0, 0.1) is 0 Å². The summed E-state index contributed by atoms with van der Waals surface area (Å²) in [5, 5.41) is 3.06. The van der Waals surface area contributed by atoms with Gasteiger partial charge in [-0.15, -0.1) is 0 Å². The highest BCUT2D eigenvalue weighted by Crippen LogP contribution is 2.44. The minimum Gasteiger partial charge on any atom is -0.355 e. The molecule has 3 aromatic carbocycles. The van der Waals surface area contributed by atoms with Crippen LogP contribution in [0.3, 0.4) is 0 Å². The highest BCUT2D eigenvalue weighted by atomic mass is 19.4. The van der Waals surface area contributed by atoms with E-state index in [4.69, 9.17) is 0 Å². The third-order valence-electron chi connectivity index (χ3n) is 6.08. The van der Waals surface area contributed by atoms with Gasteiger partial charge in [0.1, 0.15) is 5.82 Å². The smallest absolute Gasteiger partial charge is 0.355 e. The van der Waals surface area contributed by atoms with E-state index in [9.17, 15) is 22.8 Å². The highest BCUT2D eigenvalue weighted by Gasteiger charge is 2.39. The first-order valence-corrected chi connectivity index (χ1v) is 11.3. The van der Waals surface area contributed by atoms with E-state index in [1.54, 1.807) is 55.6 Å². The molecule has 6 nitrogen and oxygen atoms in total. The average Bonchev–Trinajstić information content (AvgIpc) is 2.88. The Balaban J connectivity index is 1.71. The summed E-state index contributed by atoms with van der Waals surface area (Å²) in [5.41, 5.74) is 1.30. The van der Waals surface area contributed by atoms with Gasteiger partial charge in [0.05, 0.1) is 33.9 Å². The van der Waals surface area contributed by atoms with Crippen LogP contribution in [0.5, 0.6) is 0 Å². The molecule has 0 unspecified atom stereocenters. The van der Waals surface area contributed by atoms with Gasteiger partial charge in [0, 0.05) is 18.8 Å². The zero-order valence-electron chi connectivity index (χ0n) is 19.7. The van der Waals surface area contributed by atoms with Crippen LogP contribution in [0.25, 0.3) is 5.70 Å². The number of hydrogen-bond acceptors (Lipinski definition) is 3. The minimum absolute atomic E-state index is 0.287. The van der Waals surface area contributed by atoms with Crippen LogP contribution in [-0.2, 0) is 13.2 Å². The number of anilines is 5. The summed E-state index contributed by atoms with van der Waals surface area (Å²) < 4.78 is 40.5. The van der Waals surface area contributed by atoms with Crippen molar-refractivity contribution in [1.29, 1.82) is 0 Å². The van der Waals surface area contributed by atoms with Gasteiger partial charge in [0.15, 0.2) is 0 Å². The van der Waals surface area contributed by atoms with Crippen molar-refractivity contribution in [2.75, 3.05) is 15.1 Å². The zero-order chi connectivity index (χ0) is 26.3. The number of carbonyl (C=O) groups excluding carboxylic acids is 1. The van der Waals surface area contributed by atoms with E-state index in [1.807, 2.05) is 12.1 Å². The molecule has 186 valence electrons. The molecule has 2 heterocycles. The van der Waals surface area contributed by atoms with E-state index < -0.39 is 23.3 Å². The van der Waals surface area contributed by atoms with Gasteiger partial charge in [-0.05, 0) is 48.5 Å². The number of nitrogens with zero attached hydrogens (tertiary/aromatic N) is 3. The number of nitrogens with one attached hydrogen (secondary N) is 1. The number of amides is 2. The lowest BCUT2D eigenvalue weighted by molar-refractivity contribution is -0.137. The Kier molecular flexibility index (Phi) is 5.83. The van der Waals surface area contributed by atoms with Crippen molar-refractivity contribution in [3.05, 3.63) is 119 Å². The third kappa shape index (κ3) is 4.24. The number of fused-ring (bicyclic) bond motifs is 1. The molecule has 0 saturated carbocycles. The van der Waals surface area contributed by atoms with E-state index in [-0.39, 0.29) is 5.82 Å². The zero-order valence-corrected chi connectivity index (χ0v) is 19.7. The van der Waals surface area contributed by atoms with Crippen molar-refractivity contribution in [2.45, 2.75) is 6.18 Å². The molecule has 1 aliphatic heterocycles. The van der Waals surface area contributed by atoms with E-state index in [2.05, 4.69) is 11.9 Å². The largest absolute Gasteiger partial charge is 0.416 e. The predicted octanol–water partition coefficient (Wildman–Crippen LogP) is 6.90. The Morgan fingerprint density at radius 3 is 1.86 bits per heavy atom. The van der Waals surface area contributed by atoms with Crippen molar-refractivity contribution >= 4 is 40.3 Å². The van der Waals surface area contributed by atoms with Crippen molar-refractivity contribution in [2.24, 2.45) is 7.05 Å². The molecule has 0 radical (unpaired) electrons. The second kappa shape index (κ2) is 9.02. The molecule has 0 spiro atoms. The van der Waals surface area contributed by atoms with Crippen LogP contribution in [0.1, 0.15) is 11.1 Å². The monoisotopic (exact) mass is 502 g/mol. The topological polar surface area (TPSA) is 57.6 Å². The third-order valence-corrected chi connectivity index (χ3v) is 6.08. The second-order valence-corrected chi connectivity index (χ2v) is 8.43. The number of urea groups is 1. The predicted molar refractivity (Wildman–Crippen MR) is 138 cm³/mol. The Morgan fingerprint density at radius 1 is 0.784 bits per heavy atom. The minimum atomic E-state index is -4.47. The summed E-state index contributed by atoms with van der Waals surface area (Å²) in [5.74, 6) is 0.287. The molecule has 1 aromatic heterocycles. The van der Waals surface area contributed by atoms with E-state index >= 15 is 0 Å². The van der Waals surface area contributed by atoms with Gasteiger partial charge in [-0.25, -0.2) is 9.69 Å². The lowest BCUT2D eigenvalue weighted by Gasteiger charge is -2.39. The Morgan fingerprint density at radius 2 is 1.32 bits per heavy atom. The molecule has 0 bridgehead atoms. The number of benzene rings is 3. The van der Waals surface area contributed by atoms with Gasteiger partial charge in [0.2, 0.25) is 0 Å². The fourth-order valence-corrected chi connectivity index (χ4v) is 4.30. The lowest BCUT2D eigenvalue weighted by Crippen LogP contribution is -2.46. The fraction of sp³-hybridized carbons (Fsp3) is 0.0714. The van der Waals surface area contributed by atoms with Crippen LogP contribution >= 0.6 is 0 Å². The number of para-hydroxylation sites is 2. The Bertz CT molecular complexity index is 1550. The van der Waals surface area contributed by atoms with Gasteiger partial charge < -0.3 is 5.32 Å². The van der Waals surface area contributed by atoms with Crippen LogP contribution in [0.4, 0.5) is 46.5 Å². The molecule has 0 saturated heterocycles. The molecule has 0 aliphatic carbocycles. The second-order valence-electron chi connectivity index (χ2n) is 8.43. The summed E-state index contributed by atoms with van der Waals surface area (Å²) in [6.07, 6.45) is -4.47. The summed E-state index contributed by atoms with van der Waals surface area (Å²) >= 11 is 0. The molecule has 4 aromatic rings. The first-order valence-electron chi connectivity index (χ1n) is 11.3. The molecular weight excluding hydrogens is 481 g/mol. The van der Waals surface area contributed by atoms with Crippen molar-refractivity contribution in [3.63, 3.8) is 0 Å². The van der Waals surface area contributed by atoms with Gasteiger partial charge in [0.25, 0.3) is 5.56 Å². The number of pyridine rings is 1. The first-order chi connectivity index (χ1) is 17.7. The molecule has 5 rings (SSSR count). The Hall–Kier alpha value is -4.79. The number of carbonyl (C=O) groups is 1. The molecule has 0 atom stereocenters. The van der Waals surface area contributed by atoms with Crippen molar-refractivity contribution in [3.8, 4) is 0 Å². The van der Waals surface area contributed by atoms with Gasteiger partial charge in [-0.2, -0.15) is 13.2 Å². The SMILES string of the molecule is C=C1c2c(Nc3ccc(C(F)(F)F)cc3)cc(=O)n(C)c2N(c2ccccc2)C(=O)N1c1ccccc1. The standard InChI is InChI=1S/C28H21F3N4O2/c1-18-25-23(32-20-15-13-19(14-16-20)28(29,30)31)17-24(36)33(2)26(25)35(22-11-7-4-8-12-22)27(37)34(18)21-9-5-3-6-10-21/h3-17,32H,1H2,2H3. The summed E-state index contributed by atoms with van der Waals surface area (Å²) in [6.45, 7) is 4.19. The lowest BCUT2D eigenvalue weighted by atomic mass is 10.0. The molecule has 1 aliphatic rings. The van der Waals surface area contributed by atoms with Crippen molar-refractivity contribution < 1.29 is 18.0 Å². The molecule has 9 heteroatoms. The van der Waals surface area contributed by atoms with Gasteiger partial charge in [-0.1, -0.05) is 43.0 Å². The summed E-state index contributed by atoms with van der Waals surface area (Å²) in [4.78, 5) is 29.8. The number of alkyl halides is 3. The number of aromatic nitrogens is 1. The van der Waals surface area contributed by atoms with Crippen LogP contribution in [-0.4, -0.2) is 10.6 Å². The first kappa shape index (κ1) is 23.9. The maximum absolute atomic E-state index is 13.9. The van der Waals surface area contributed by atoms with Gasteiger partial charge >= 0.3 is 12.2 Å². The Labute approximate surface area is 210 Å². The number of rotatable bonds is 4. The maximum Gasteiger partial charge on any atom is 0.416 e. The van der Waals surface area contributed by atoms with Crippen LogP contribution < -0.4 is 20.7 Å². The number of halogens is 3. The fourth-order valence-electron chi connectivity index (χ4n) is 4.30. The van der Waals surface area contributed by atoms with E-state index in [1.165, 1.54) is 32.6 Å². The average molecular weight is 502 g/mol. The van der Waals surface area contributed by atoms with E-state index in [0.717, 1.165) is 12.1 Å². The quantitative estimate of drug-likeness (QED) is 0.330. The highest BCUT2D eigenvalue weighted by molar-refractivity contribution is 6.21. The van der Waals surface area contributed by atoms with Crippen LogP contribution in [0.2, 0.25) is 0 Å². The van der Waals surface area contributed by atoms with Gasteiger partial charge in [-0.3, -0.25) is 14.3 Å². The number of hydrogen-bond donors (Lipinski definition) is 1. The van der Waals surface area contributed by atoms with E-state index in [0.29, 0.717) is 34.0 Å². The molecule has 2 amide bonds. The summed E-state index contributed by atoms with van der Waals surface area (Å²) in [7, 11) is 1.55.